The molecule has 10 rings (SSSR count). The lowest BCUT2D eigenvalue weighted by atomic mass is 9.82. The van der Waals surface area contributed by atoms with Gasteiger partial charge in [-0.05, 0) is 103 Å². The third-order valence-corrected chi connectivity index (χ3v) is 11.9. The maximum atomic E-state index is 2.47. The quantitative estimate of drug-likeness (QED) is 0.150. The summed E-state index contributed by atoms with van der Waals surface area (Å²) < 4.78 is 0. The number of hydrogen-bond donors (Lipinski definition) is 0. The van der Waals surface area contributed by atoms with Crippen molar-refractivity contribution in [1.29, 1.82) is 0 Å². The van der Waals surface area contributed by atoms with Crippen LogP contribution in [0.5, 0.6) is 0 Å². The Bertz CT molecular complexity index is 2890. The fourth-order valence-corrected chi connectivity index (χ4v) is 8.99. The summed E-state index contributed by atoms with van der Waals surface area (Å²) in [7, 11) is 0. The Morgan fingerprint density at radius 2 is 0.741 bits per heavy atom. The summed E-state index contributed by atoms with van der Waals surface area (Å²) in [4.78, 5) is 2.47. The Labute approximate surface area is 342 Å². The van der Waals surface area contributed by atoms with Crippen molar-refractivity contribution in [2.45, 2.75) is 19.3 Å². The van der Waals surface area contributed by atoms with Crippen molar-refractivity contribution >= 4 is 17.1 Å². The summed E-state index contributed by atoms with van der Waals surface area (Å²) in [5, 5.41) is 0. The zero-order chi connectivity index (χ0) is 39.1. The molecule has 0 saturated heterocycles. The molecule has 58 heavy (non-hydrogen) atoms. The fourth-order valence-electron chi connectivity index (χ4n) is 8.99. The van der Waals surface area contributed by atoms with Crippen molar-refractivity contribution < 1.29 is 0 Å². The van der Waals surface area contributed by atoms with Gasteiger partial charge in [0, 0.05) is 22.2 Å². The van der Waals surface area contributed by atoms with Crippen LogP contribution >= 0.6 is 0 Å². The Morgan fingerprint density at radius 3 is 1.41 bits per heavy atom. The summed E-state index contributed by atoms with van der Waals surface area (Å²) in [6, 6.07) is 81.8. The van der Waals surface area contributed by atoms with Crippen molar-refractivity contribution in [1.82, 2.24) is 0 Å². The van der Waals surface area contributed by atoms with E-state index in [0.29, 0.717) is 0 Å². The summed E-state index contributed by atoms with van der Waals surface area (Å²) in [6.07, 6.45) is 0. The van der Waals surface area contributed by atoms with Crippen LogP contribution in [0.2, 0.25) is 0 Å². The first kappa shape index (κ1) is 35.2. The van der Waals surface area contributed by atoms with Gasteiger partial charge in [0.15, 0.2) is 0 Å². The molecule has 276 valence electrons. The molecule has 1 heteroatoms. The second-order valence-electron chi connectivity index (χ2n) is 15.7. The van der Waals surface area contributed by atoms with Crippen LogP contribution in [0.25, 0.3) is 66.8 Å². The molecule has 9 aromatic rings. The van der Waals surface area contributed by atoms with Gasteiger partial charge in [-0.25, -0.2) is 0 Å². The largest absolute Gasteiger partial charge is 0.309 e. The number of para-hydroxylation sites is 1. The third-order valence-electron chi connectivity index (χ3n) is 11.9. The number of rotatable bonds is 8. The Hall–Kier alpha value is -7.22. The van der Waals surface area contributed by atoms with E-state index in [2.05, 4.69) is 243 Å². The molecule has 0 heterocycles. The average molecular weight is 742 g/mol. The first-order valence-electron chi connectivity index (χ1n) is 20.2. The molecule has 0 amide bonds. The molecule has 0 atom stereocenters. The molecule has 1 aliphatic rings. The van der Waals surface area contributed by atoms with Crippen molar-refractivity contribution in [2.75, 3.05) is 4.90 Å². The fraction of sp³-hybridized carbons (Fsp3) is 0.0526. The summed E-state index contributed by atoms with van der Waals surface area (Å²) in [5.41, 5.74) is 20.6. The van der Waals surface area contributed by atoms with Gasteiger partial charge in [-0.15, -0.1) is 0 Å². The summed E-state index contributed by atoms with van der Waals surface area (Å²) in [6.45, 7) is 4.72. The lowest BCUT2D eigenvalue weighted by Gasteiger charge is -2.31. The lowest BCUT2D eigenvalue weighted by Crippen LogP contribution is -2.15. The number of anilines is 3. The molecule has 0 aromatic heterocycles. The van der Waals surface area contributed by atoms with Crippen LogP contribution in [0, 0.1) is 0 Å². The van der Waals surface area contributed by atoms with Crippen molar-refractivity contribution in [3.63, 3.8) is 0 Å². The van der Waals surface area contributed by atoms with Crippen LogP contribution in [0.3, 0.4) is 0 Å². The van der Waals surface area contributed by atoms with Gasteiger partial charge in [0.05, 0.1) is 11.4 Å². The topological polar surface area (TPSA) is 3.24 Å². The highest BCUT2D eigenvalue weighted by Gasteiger charge is 2.37. The zero-order valence-corrected chi connectivity index (χ0v) is 32.8. The lowest BCUT2D eigenvalue weighted by molar-refractivity contribution is 0.660. The number of hydrogen-bond acceptors (Lipinski definition) is 1. The Balaban J connectivity index is 1.18. The van der Waals surface area contributed by atoms with Gasteiger partial charge in [0.25, 0.3) is 0 Å². The van der Waals surface area contributed by atoms with Crippen LogP contribution in [-0.2, 0) is 5.41 Å². The molecule has 0 N–H and O–H groups in total. The molecular weight excluding hydrogens is 699 g/mol. The average Bonchev–Trinajstić information content (AvgIpc) is 3.54. The zero-order valence-electron chi connectivity index (χ0n) is 32.8. The van der Waals surface area contributed by atoms with E-state index in [-0.39, 0.29) is 5.41 Å². The van der Waals surface area contributed by atoms with Gasteiger partial charge in [-0.3, -0.25) is 0 Å². The van der Waals surface area contributed by atoms with Gasteiger partial charge in [0.2, 0.25) is 0 Å². The predicted octanol–water partition coefficient (Wildman–Crippen LogP) is 15.8. The third kappa shape index (κ3) is 6.22. The van der Waals surface area contributed by atoms with E-state index in [4.69, 9.17) is 0 Å². The second-order valence-corrected chi connectivity index (χ2v) is 15.7. The highest BCUT2D eigenvalue weighted by Crippen LogP contribution is 2.54. The molecule has 1 nitrogen and oxygen atoms in total. The van der Waals surface area contributed by atoms with E-state index in [9.17, 15) is 0 Å². The van der Waals surface area contributed by atoms with Gasteiger partial charge in [0.1, 0.15) is 0 Å². The second kappa shape index (κ2) is 14.7. The molecule has 0 aliphatic heterocycles. The normalized spacial score (nSPS) is 12.4. The minimum atomic E-state index is -0.0992. The predicted molar refractivity (Wildman–Crippen MR) is 246 cm³/mol. The smallest absolute Gasteiger partial charge is 0.0540 e. The molecule has 0 spiro atoms. The maximum absolute atomic E-state index is 2.47. The monoisotopic (exact) mass is 741 g/mol. The van der Waals surface area contributed by atoms with Gasteiger partial charge < -0.3 is 4.90 Å². The molecular formula is C57H43N. The van der Waals surface area contributed by atoms with Gasteiger partial charge in [-0.2, -0.15) is 0 Å². The highest BCUT2D eigenvalue weighted by atomic mass is 15.1. The van der Waals surface area contributed by atoms with E-state index in [1.54, 1.807) is 0 Å². The Morgan fingerprint density at radius 1 is 0.293 bits per heavy atom. The minimum absolute atomic E-state index is 0.0992. The van der Waals surface area contributed by atoms with Crippen LogP contribution in [-0.4, -0.2) is 0 Å². The molecule has 0 saturated carbocycles. The maximum Gasteiger partial charge on any atom is 0.0540 e. The first-order valence-corrected chi connectivity index (χ1v) is 20.2. The summed E-state index contributed by atoms with van der Waals surface area (Å²) >= 11 is 0. The molecule has 0 fully saturated rings. The molecule has 0 unspecified atom stereocenters. The van der Waals surface area contributed by atoms with Gasteiger partial charge in [-0.1, -0.05) is 202 Å². The first-order chi connectivity index (χ1) is 28.5. The summed E-state index contributed by atoms with van der Waals surface area (Å²) in [5.74, 6) is 0. The minimum Gasteiger partial charge on any atom is -0.309 e. The number of fused-ring (bicyclic) bond motifs is 3. The van der Waals surface area contributed by atoms with Crippen molar-refractivity contribution in [3.8, 4) is 66.8 Å². The number of benzene rings is 9. The van der Waals surface area contributed by atoms with E-state index < -0.39 is 0 Å². The molecule has 9 aromatic carbocycles. The van der Waals surface area contributed by atoms with Crippen LogP contribution < -0.4 is 4.90 Å². The standard InChI is InChI=1S/C57H43N/c1-57(2)52-29-14-12-27-50(52)56-49(28-17-30-53(56)57)48-26-13-15-31-54(48)58(47-35-32-42(33-36-47)45-25-16-24-44(38-45)40-18-6-3-7-19-40)55-37-34-46(41-20-8-4-9-21-41)39-51(55)43-22-10-5-11-23-43/h3-39H,1-2H3. The molecule has 0 bridgehead atoms. The van der Waals surface area contributed by atoms with Gasteiger partial charge >= 0.3 is 0 Å². The van der Waals surface area contributed by atoms with E-state index >= 15 is 0 Å². The van der Waals surface area contributed by atoms with Crippen LogP contribution in [0.1, 0.15) is 25.0 Å². The SMILES string of the molecule is CC1(C)c2ccccc2-c2c(-c3ccccc3N(c3ccc(-c4cccc(-c5ccccc5)c4)cc3)c3ccc(-c4ccccc4)cc3-c3ccccc3)cccc21. The van der Waals surface area contributed by atoms with Crippen molar-refractivity contribution in [3.05, 3.63) is 236 Å². The Kier molecular flexibility index (Phi) is 8.92. The van der Waals surface area contributed by atoms with Crippen molar-refractivity contribution in [2.24, 2.45) is 0 Å². The van der Waals surface area contributed by atoms with E-state index in [0.717, 1.165) is 17.1 Å². The van der Waals surface area contributed by atoms with E-state index in [1.165, 1.54) is 77.9 Å². The number of nitrogens with zero attached hydrogens (tertiary/aromatic N) is 1. The van der Waals surface area contributed by atoms with E-state index in [1.807, 2.05) is 0 Å². The molecule has 1 aliphatic carbocycles. The molecule has 0 radical (unpaired) electrons. The van der Waals surface area contributed by atoms with Crippen LogP contribution in [0.4, 0.5) is 17.1 Å². The highest BCUT2D eigenvalue weighted by molar-refractivity contribution is 6.00. The van der Waals surface area contributed by atoms with Crippen LogP contribution in [0.15, 0.2) is 224 Å².